The Morgan fingerprint density at radius 2 is 2.00 bits per heavy atom. The molecule has 1 heterocycles. The number of rotatable bonds is 1. The number of benzene rings is 1. The number of hydrogen-bond donors (Lipinski definition) is 0. The van der Waals surface area contributed by atoms with Gasteiger partial charge in [0.25, 0.3) is 0 Å². The summed E-state index contributed by atoms with van der Waals surface area (Å²) in [4.78, 5) is 10.9. The Morgan fingerprint density at radius 3 is 2.65 bits per heavy atom. The lowest BCUT2D eigenvalue weighted by Crippen LogP contribution is -1.95. The predicted molar refractivity (Wildman–Crippen MR) is 66.2 cm³/mol. The van der Waals surface area contributed by atoms with E-state index in [1.807, 2.05) is 37.4 Å². The number of carbonyl (C=O) groups excluding carboxylic acids is 1. The summed E-state index contributed by atoms with van der Waals surface area (Å²) in [5.74, 6) is 5.26. The van der Waals surface area contributed by atoms with Gasteiger partial charge < -0.3 is 0 Å². The van der Waals surface area contributed by atoms with Gasteiger partial charge in [0.15, 0.2) is 0 Å². The Morgan fingerprint density at radius 1 is 1.29 bits per heavy atom. The first-order valence-corrected chi connectivity index (χ1v) is 5.28. The van der Waals surface area contributed by atoms with Gasteiger partial charge in [0.2, 0.25) is 5.78 Å². The van der Waals surface area contributed by atoms with E-state index in [2.05, 4.69) is 16.9 Å². The first kappa shape index (κ1) is 11.2. The van der Waals surface area contributed by atoms with Crippen molar-refractivity contribution in [1.82, 2.24) is 9.78 Å². The van der Waals surface area contributed by atoms with Crippen LogP contribution < -0.4 is 0 Å². The highest BCUT2D eigenvalue weighted by Crippen LogP contribution is 2.21. The molecule has 0 bridgehead atoms. The molecule has 0 aliphatic heterocycles. The van der Waals surface area contributed by atoms with Crippen molar-refractivity contribution in [3.8, 4) is 23.0 Å². The lowest BCUT2D eigenvalue weighted by atomic mass is 10.1. The number of hydrogen-bond acceptors (Lipinski definition) is 2. The summed E-state index contributed by atoms with van der Waals surface area (Å²) in [6, 6.07) is 9.88. The van der Waals surface area contributed by atoms with Crippen molar-refractivity contribution in [2.24, 2.45) is 7.05 Å². The van der Waals surface area contributed by atoms with Crippen LogP contribution in [0.15, 0.2) is 36.5 Å². The highest BCUT2D eigenvalue weighted by atomic mass is 16.1. The van der Waals surface area contributed by atoms with Gasteiger partial charge in [-0.05, 0) is 17.4 Å². The van der Waals surface area contributed by atoms with Crippen molar-refractivity contribution in [3.05, 3.63) is 42.2 Å². The maximum atomic E-state index is 10.9. The summed E-state index contributed by atoms with van der Waals surface area (Å²) in [6.45, 7) is 1.45. The molecule has 3 heteroatoms. The zero-order valence-corrected chi connectivity index (χ0v) is 9.77. The third-order valence-electron chi connectivity index (χ3n) is 2.38. The molecule has 0 saturated carbocycles. The van der Waals surface area contributed by atoms with E-state index in [1.165, 1.54) is 6.92 Å². The van der Waals surface area contributed by atoms with Crippen LogP contribution in [-0.2, 0) is 11.8 Å². The zero-order valence-electron chi connectivity index (χ0n) is 9.77. The molecule has 0 fully saturated rings. The third kappa shape index (κ3) is 2.43. The Labute approximate surface area is 100 Å². The SMILES string of the molecule is CC(=O)C#Cc1c(-c2ccccc2)cnn1C. The molecular weight excluding hydrogens is 212 g/mol. The zero-order chi connectivity index (χ0) is 12.3. The van der Waals surface area contributed by atoms with E-state index in [0.717, 1.165) is 16.8 Å². The second-order valence-corrected chi connectivity index (χ2v) is 3.70. The molecule has 0 atom stereocenters. The van der Waals surface area contributed by atoms with E-state index in [-0.39, 0.29) is 5.78 Å². The standard InChI is InChI=1S/C14H12N2O/c1-11(17)8-9-14-13(10-15-16(14)2)12-6-4-3-5-7-12/h3-7,10H,1-2H3. The Hall–Kier alpha value is -2.34. The molecule has 17 heavy (non-hydrogen) atoms. The number of Topliss-reactive ketones (excluding diaryl/α,β-unsaturated/α-hetero) is 1. The lowest BCUT2D eigenvalue weighted by molar-refractivity contribution is -0.111. The first-order chi connectivity index (χ1) is 8.18. The Balaban J connectivity index is 2.51. The fraction of sp³-hybridized carbons (Fsp3) is 0.143. The Kier molecular flexibility index (Phi) is 3.06. The van der Waals surface area contributed by atoms with Crippen LogP contribution in [0.3, 0.4) is 0 Å². The predicted octanol–water partition coefficient (Wildman–Crippen LogP) is 2.03. The molecule has 0 N–H and O–H groups in total. The van der Waals surface area contributed by atoms with E-state index < -0.39 is 0 Å². The normalized spacial score (nSPS) is 9.53. The fourth-order valence-electron chi connectivity index (χ4n) is 1.56. The number of ketones is 1. The third-order valence-corrected chi connectivity index (χ3v) is 2.38. The maximum Gasteiger partial charge on any atom is 0.202 e. The average molecular weight is 224 g/mol. The highest BCUT2D eigenvalue weighted by Gasteiger charge is 2.07. The van der Waals surface area contributed by atoms with E-state index >= 15 is 0 Å². The number of aromatic nitrogens is 2. The van der Waals surface area contributed by atoms with Crippen LogP contribution in [0.2, 0.25) is 0 Å². The van der Waals surface area contributed by atoms with E-state index in [4.69, 9.17) is 0 Å². The molecule has 0 aliphatic carbocycles. The van der Waals surface area contributed by atoms with Crippen LogP contribution >= 0.6 is 0 Å². The molecule has 3 nitrogen and oxygen atoms in total. The Bertz CT molecular complexity index is 600. The number of carbonyl (C=O) groups is 1. The van der Waals surface area contributed by atoms with Gasteiger partial charge in [-0.3, -0.25) is 9.48 Å². The number of nitrogens with zero attached hydrogens (tertiary/aromatic N) is 2. The number of aryl methyl sites for hydroxylation is 1. The quantitative estimate of drug-likeness (QED) is 0.695. The van der Waals surface area contributed by atoms with Gasteiger partial charge in [0, 0.05) is 19.5 Å². The van der Waals surface area contributed by atoms with Gasteiger partial charge in [-0.15, -0.1) is 0 Å². The molecule has 1 aromatic carbocycles. The van der Waals surface area contributed by atoms with Crippen molar-refractivity contribution in [1.29, 1.82) is 0 Å². The van der Waals surface area contributed by atoms with Crippen LogP contribution in [0.5, 0.6) is 0 Å². The molecule has 0 amide bonds. The van der Waals surface area contributed by atoms with E-state index in [0.29, 0.717) is 0 Å². The van der Waals surface area contributed by atoms with Crippen LogP contribution in [0.1, 0.15) is 12.6 Å². The molecular formula is C14H12N2O. The minimum absolute atomic E-state index is 0.148. The van der Waals surface area contributed by atoms with Gasteiger partial charge in [0.1, 0.15) is 5.69 Å². The van der Waals surface area contributed by atoms with E-state index in [1.54, 1.807) is 10.9 Å². The van der Waals surface area contributed by atoms with Crippen molar-refractivity contribution < 1.29 is 4.79 Å². The van der Waals surface area contributed by atoms with Gasteiger partial charge in [-0.25, -0.2) is 0 Å². The van der Waals surface area contributed by atoms with Crippen LogP contribution in [-0.4, -0.2) is 15.6 Å². The molecule has 0 saturated heterocycles. The van der Waals surface area contributed by atoms with Gasteiger partial charge in [0.05, 0.1) is 6.20 Å². The summed E-state index contributed by atoms with van der Waals surface area (Å²) >= 11 is 0. The molecule has 2 rings (SSSR count). The first-order valence-electron chi connectivity index (χ1n) is 5.28. The topological polar surface area (TPSA) is 34.9 Å². The molecule has 1 aromatic heterocycles. The molecule has 2 aromatic rings. The lowest BCUT2D eigenvalue weighted by Gasteiger charge is -1.99. The smallest absolute Gasteiger partial charge is 0.202 e. The monoisotopic (exact) mass is 224 g/mol. The van der Waals surface area contributed by atoms with Crippen molar-refractivity contribution in [2.45, 2.75) is 6.92 Å². The van der Waals surface area contributed by atoms with Crippen molar-refractivity contribution in [3.63, 3.8) is 0 Å². The molecule has 0 aliphatic rings. The minimum atomic E-state index is -0.148. The van der Waals surface area contributed by atoms with Crippen LogP contribution in [0.4, 0.5) is 0 Å². The summed E-state index contributed by atoms with van der Waals surface area (Å²) < 4.78 is 1.68. The van der Waals surface area contributed by atoms with E-state index in [9.17, 15) is 4.79 Å². The minimum Gasteiger partial charge on any atom is -0.285 e. The summed E-state index contributed by atoms with van der Waals surface area (Å²) in [6.07, 6.45) is 1.76. The van der Waals surface area contributed by atoms with Crippen LogP contribution in [0.25, 0.3) is 11.1 Å². The van der Waals surface area contributed by atoms with Crippen molar-refractivity contribution in [2.75, 3.05) is 0 Å². The molecule has 0 unspecified atom stereocenters. The molecule has 84 valence electrons. The molecule has 0 radical (unpaired) electrons. The summed E-state index contributed by atoms with van der Waals surface area (Å²) in [5, 5.41) is 4.17. The van der Waals surface area contributed by atoms with Gasteiger partial charge >= 0.3 is 0 Å². The summed E-state index contributed by atoms with van der Waals surface area (Å²) in [7, 11) is 1.82. The largest absolute Gasteiger partial charge is 0.285 e. The van der Waals surface area contributed by atoms with Crippen molar-refractivity contribution >= 4 is 5.78 Å². The maximum absolute atomic E-state index is 10.9. The van der Waals surface area contributed by atoms with Gasteiger partial charge in [-0.2, -0.15) is 5.10 Å². The second kappa shape index (κ2) is 4.67. The highest BCUT2D eigenvalue weighted by molar-refractivity contribution is 5.94. The van der Waals surface area contributed by atoms with Gasteiger partial charge in [-0.1, -0.05) is 30.3 Å². The fourth-order valence-corrected chi connectivity index (χ4v) is 1.56. The van der Waals surface area contributed by atoms with Crippen LogP contribution in [0, 0.1) is 11.8 Å². The average Bonchev–Trinajstić information content (AvgIpc) is 2.69. The summed E-state index contributed by atoms with van der Waals surface area (Å²) in [5.41, 5.74) is 2.75. The second-order valence-electron chi connectivity index (χ2n) is 3.70. The molecule has 0 spiro atoms.